The van der Waals surface area contributed by atoms with Gasteiger partial charge in [0.25, 0.3) is 17.7 Å². The molecule has 1 aliphatic heterocycles. The summed E-state index contributed by atoms with van der Waals surface area (Å²) in [6, 6.07) is 13.8. The lowest BCUT2D eigenvalue weighted by atomic mass is 9.87. The molecule has 1 aliphatic rings. The Kier molecular flexibility index (Phi) is 8.62. The first-order valence-electron chi connectivity index (χ1n) is 13.3. The topological polar surface area (TPSA) is 127 Å². The highest BCUT2D eigenvalue weighted by molar-refractivity contribution is 6.04. The van der Waals surface area contributed by atoms with E-state index in [1.165, 1.54) is 28.2 Å². The van der Waals surface area contributed by atoms with Crippen LogP contribution in [-0.2, 0) is 15.0 Å². The number of benzene rings is 2. The Bertz CT molecular complexity index is 1510. The summed E-state index contributed by atoms with van der Waals surface area (Å²) in [5.74, 6) is -1.54. The van der Waals surface area contributed by atoms with Gasteiger partial charge in [-0.1, -0.05) is 39.0 Å². The van der Waals surface area contributed by atoms with Crippen LogP contribution in [0.15, 0.2) is 66.9 Å². The molecule has 0 saturated heterocycles. The summed E-state index contributed by atoms with van der Waals surface area (Å²) in [6.45, 7) is 6.24. The highest BCUT2D eigenvalue weighted by atomic mass is 19.1. The molecule has 10 nitrogen and oxygen atoms in total. The Labute approximate surface area is 244 Å². The second-order valence-electron chi connectivity index (χ2n) is 11.3. The maximum atomic E-state index is 14.8. The molecule has 42 heavy (non-hydrogen) atoms. The van der Waals surface area contributed by atoms with Gasteiger partial charge in [-0.25, -0.2) is 9.37 Å². The minimum atomic E-state index is -1.35. The Morgan fingerprint density at radius 2 is 1.79 bits per heavy atom. The van der Waals surface area contributed by atoms with E-state index in [4.69, 9.17) is 0 Å². The van der Waals surface area contributed by atoms with Crippen LogP contribution in [0.25, 0.3) is 5.70 Å². The molecule has 0 bridgehead atoms. The molecular formula is C31H35FN6O4. The second-order valence-corrected chi connectivity index (χ2v) is 11.3. The largest absolute Gasteiger partial charge is 0.378 e. The smallest absolute Gasteiger partial charge is 0.265 e. The third-order valence-electron chi connectivity index (χ3n) is 6.85. The number of aromatic nitrogens is 1. The van der Waals surface area contributed by atoms with Gasteiger partial charge in [0.05, 0.1) is 11.4 Å². The summed E-state index contributed by atoms with van der Waals surface area (Å²) in [6.07, 6.45) is 1.66. The van der Waals surface area contributed by atoms with Gasteiger partial charge < -0.3 is 20.6 Å². The van der Waals surface area contributed by atoms with E-state index >= 15 is 0 Å². The summed E-state index contributed by atoms with van der Waals surface area (Å²) in [4.78, 5) is 43.2. The average Bonchev–Trinajstić information content (AvgIpc) is 2.95. The molecule has 2 atom stereocenters. The number of aliphatic hydroxyl groups is 1. The molecule has 2 heterocycles. The first kappa shape index (κ1) is 30.2. The third kappa shape index (κ3) is 6.74. The number of hydrogen-bond donors (Lipinski definition) is 4. The molecular weight excluding hydrogens is 539 g/mol. The molecule has 0 saturated carbocycles. The molecule has 11 heteroatoms. The first-order chi connectivity index (χ1) is 19.7. The van der Waals surface area contributed by atoms with E-state index in [9.17, 15) is 23.9 Å². The molecule has 3 amide bonds. The van der Waals surface area contributed by atoms with Crippen molar-refractivity contribution in [3.05, 3.63) is 94.9 Å². The minimum Gasteiger partial charge on any atom is -0.378 e. The monoisotopic (exact) mass is 574 g/mol. The minimum absolute atomic E-state index is 0.00353. The fourth-order valence-corrected chi connectivity index (χ4v) is 4.33. The van der Waals surface area contributed by atoms with Crippen LogP contribution in [-0.4, -0.2) is 64.9 Å². The van der Waals surface area contributed by atoms with Gasteiger partial charge in [-0.15, -0.1) is 0 Å². The first-order valence-corrected chi connectivity index (χ1v) is 13.3. The van der Waals surface area contributed by atoms with Crippen molar-refractivity contribution < 1.29 is 23.9 Å². The average molecular weight is 575 g/mol. The van der Waals surface area contributed by atoms with Crippen LogP contribution in [0.2, 0.25) is 0 Å². The van der Waals surface area contributed by atoms with E-state index in [0.717, 1.165) is 5.56 Å². The fourth-order valence-electron chi connectivity index (χ4n) is 4.33. The van der Waals surface area contributed by atoms with Gasteiger partial charge in [0.2, 0.25) is 0 Å². The van der Waals surface area contributed by atoms with Gasteiger partial charge in [-0.3, -0.25) is 24.8 Å². The SMILES string of the molecule is CN(C)C(=O)C(O)c1ccc(NC2C=C(c3ccc(F)c(NC(=O)c4ccc(C(C)(C)C)cc4)c3)N(C)NC2=O)nc1. The van der Waals surface area contributed by atoms with Crippen molar-refractivity contribution in [3.8, 4) is 0 Å². The quantitative estimate of drug-likeness (QED) is 0.339. The summed E-state index contributed by atoms with van der Waals surface area (Å²) < 4.78 is 14.8. The van der Waals surface area contributed by atoms with E-state index in [1.54, 1.807) is 57.6 Å². The van der Waals surface area contributed by atoms with E-state index in [1.807, 2.05) is 12.1 Å². The molecule has 0 aliphatic carbocycles. The number of amides is 3. The van der Waals surface area contributed by atoms with Crippen molar-refractivity contribution in [2.24, 2.45) is 0 Å². The lowest BCUT2D eigenvalue weighted by Crippen LogP contribution is -2.50. The molecule has 0 radical (unpaired) electrons. The van der Waals surface area contributed by atoms with Crippen molar-refractivity contribution in [2.75, 3.05) is 31.8 Å². The second kappa shape index (κ2) is 12.0. The van der Waals surface area contributed by atoms with E-state index in [0.29, 0.717) is 28.2 Å². The fraction of sp³-hybridized carbons (Fsp3) is 0.290. The molecule has 0 fully saturated rings. The Balaban J connectivity index is 1.53. The number of hydrazine groups is 1. The van der Waals surface area contributed by atoms with Gasteiger partial charge in [-0.2, -0.15) is 0 Å². The lowest BCUT2D eigenvalue weighted by Gasteiger charge is -2.31. The molecule has 2 aromatic carbocycles. The molecule has 4 N–H and O–H groups in total. The van der Waals surface area contributed by atoms with Crippen LogP contribution in [0.3, 0.4) is 0 Å². The summed E-state index contributed by atoms with van der Waals surface area (Å²) in [5, 5.41) is 17.4. The Morgan fingerprint density at radius 1 is 1.10 bits per heavy atom. The van der Waals surface area contributed by atoms with Crippen molar-refractivity contribution >= 4 is 34.9 Å². The molecule has 220 valence electrons. The van der Waals surface area contributed by atoms with E-state index in [-0.39, 0.29) is 17.0 Å². The predicted octanol–water partition coefficient (Wildman–Crippen LogP) is 3.69. The van der Waals surface area contributed by atoms with Crippen LogP contribution >= 0.6 is 0 Å². The maximum Gasteiger partial charge on any atom is 0.265 e. The van der Waals surface area contributed by atoms with Crippen molar-refractivity contribution in [2.45, 2.75) is 38.3 Å². The number of rotatable bonds is 7. The van der Waals surface area contributed by atoms with E-state index < -0.39 is 29.8 Å². The van der Waals surface area contributed by atoms with Crippen LogP contribution < -0.4 is 16.1 Å². The zero-order valence-electron chi connectivity index (χ0n) is 24.4. The number of carbonyl (C=O) groups excluding carboxylic acids is 3. The Morgan fingerprint density at radius 3 is 2.38 bits per heavy atom. The van der Waals surface area contributed by atoms with Crippen LogP contribution in [0.1, 0.15) is 53.9 Å². The van der Waals surface area contributed by atoms with Gasteiger partial charge in [-0.05, 0) is 53.5 Å². The standard InChI is InChI=1S/C31H35FN6O4/c1-31(2,3)21-11-7-18(8-12-21)28(40)35-23-15-19(9-13-22(23)32)25-16-24(29(41)36-38(25)6)34-26-14-10-20(17-33-26)27(39)30(42)37(4)5/h7-17,24,27,39H,1-6H3,(H,33,34)(H,35,40)(H,36,41). The number of likely N-dealkylation sites (N-methyl/N-ethyl adjacent to an activating group) is 1. The van der Waals surface area contributed by atoms with Crippen molar-refractivity contribution in [1.82, 2.24) is 20.3 Å². The maximum absolute atomic E-state index is 14.8. The number of carbonyl (C=O) groups is 3. The summed E-state index contributed by atoms with van der Waals surface area (Å²) in [7, 11) is 4.73. The highest BCUT2D eigenvalue weighted by Gasteiger charge is 2.27. The number of pyridine rings is 1. The summed E-state index contributed by atoms with van der Waals surface area (Å²) in [5.41, 5.74) is 5.57. The van der Waals surface area contributed by atoms with Gasteiger partial charge in [0, 0.05) is 44.0 Å². The van der Waals surface area contributed by atoms with Crippen molar-refractivity contribution in [3.63, 3.8) is 0 Å². The number of anilines is 2. The lowest BCUT2D eigenvalue weighted by molar-refractivity contribution is -0.137. The highest BCUT2D eigenvalue weighted by Crippen LogP contribution is 2.27. The van der Waals surface area contributed by atoms with Crippen molar-refractivity contribution in [1.29, 1.82) is 0 Å². The number of nitrogens with zero attached hydrogens (tertiary/aromatic N) is 3. The summed E-state index contributed by atoms with van der Waals surface area (Å²) >= 11 is 0. The van der Waals surface area contributed by atoms with Crippen LogP contribution in [0, 0.1) is 5.82 Å². The van der Waals surface area contributed by atoms with Gasteiger partial charge in [0.15, 0.2) is 6.10 Å². The molecule has 1 aromatic heterocycles. The van der Waals surface area contributed by atoms with Gasteiger partial charge >= 0.3 is 0 Å². The zero-order chi connectivity index (χ0) is 30.8. The third-order valence-corrected chi connectivity index (χ3v) is 6.85. The predicted molar refractivity (Wildman–Crippen MR) is 159 cm³/mol. The normalized spacial score (nSPS) is 15.8. The molecule has 2 unspecified atom stereocenters. The molecule has 3 aromatic rings. The number of halogens is 1. The van der Waals surface area contributed by atoms with Crippen LogP contribution in [0.5, 0.6) is 0 Å². The molecule has 0 spiro atoms. The number of aliphatic hydroxyl groups excluding tert-OH is 1. The van der Waals surface area contributed by atoms with Crippen LogP contribution in [0.4, 0.5) is 15.9 Å². The number of hydrogen-bond acceptors (Lipinski definition) is 7. The molecule has 4 rings (SSSR count). The van der Waals surface area contributed by atoms with E-state index in [2.05, 4.69) is 41.8 Å². The zero-order valence-corrected chi connectivity index (χ0v) is 24.4. The number of nitrogens with one attached hydrogen (secondary N) is 3. The van der Waals surface area contributed by atoms with Gasteiger partial charge in [0.1, 0.15) is 17.7 Å². The Hall–Kier alpha value is -4.77.